The van der Waals surface area contributed by atoms with Gasteiger partial charge < -0.3 is 4.74 Å². The Morgan fingerprint density at radius 2 is 2.14 bits per heavy atom. The smallest absolute Gasteiger partial charge is 0.350 e. The lowest BCUT2D eigenvalue weighted by molar-refractivity contribution is 0.289. The van der Waals surface area contributed by atoms with Gasteiger partial charge in [0.25, 0.3) is 0 Å². The highest BCUT2D eigenvalue weighted by molar-refractivity contribution is 5.36. The van der Waals surface area contributed by atoms with E-state index in [4.69, 9.17) is 10.00 Å². The number of aromatic nitrogens is 3. The Morgan fingerprint density at radius 1 is 1.24 bits per heavy atom. The van der Waals surface area contributed by atoms with Crippen LogP contribution >= 0.6 is 0 Å². The molecule has 21 heavy (non-hydrogen) atoms. The quantitative estimate of drug-likeness (QED) is 0.725. The summed E-state index contributed by atoms with van der Waals surface area (Å²) in [6.07, 6.45) is 1.68. The molecule has 0 bridgehead atoms. The first-order valence-corrected chi connectivity index (χ1v) is 6.45. The van der Waals surface area contributed by atoms with E-state index in [0.29, 0.717) is 30.1 Å². The minimum atomic E-state index is -0.194. The number of rotatable bonds is 4. The minimum Gasteiger partial charge on any atom is -0.492 e. The zero-order chi connectivity index (χ0) is 14.7. The van der Waals surface area contributed by atoms with Crippen molar-refractivity contribution in [2.45, 2.75) is 6.54 Å². The van der Waals surface area contributed by atoms with Crippen molar-refractivity contribution in [2.24, 2.45) is 0 Å². The van der Waals surface area contributed by atoms with E-state index in [1.54, 1.807) is 42.6 Å². The Labute approximate surface area is 120 Å². The average Bonchev–Trinajstić information content (AvgIpc) is 2.84. The molecule has 0 atom stereocenters. The van der Waals surface area contributed by atoms with E-state index < -0.39 is 0 Å². The number of benzene rings is 1. The summed E-state index contributed by atoms with van der Waals surface area (Å²) in [5, 5.41) is 13.0. The largest absolute Gasteiger partial charge is 0.492 e. The second kappa shape index (κ2) is 5.51. The lowest BCUT2D eigenvalue weighted by atomic mass is 10.2. The van der Waals surface area contributed by atoms with E-state index in [0.717, 1.165) is 0 Å². The van der Waals surface area contributed by atoms with Crippen molar-refractivity contribution in [3.05, 3.63) is 64.7 Å². The highest BCUT2D eigenvalue weighted by Gasteiger charge is 2.05. The Bertz CT molecular complexity index is 873. The Morgan fingerprint density at radius 3 is 2.95 bits per heavy atom. The third-order valence-corrected chi connectivity index (χ3v) is 3.02. The Kier molecular flexibility index (Phi) is 3.39. The summed E-state index contributed by atoms with van der Waals surface area (Å²) in [5.41, 5.74) is 0.950. The molecule has 2 aromatic heterocycles. The molecule has 0 saturated carbocycles. The number of fused-ring (bicyclic) bond motifs is 1. The molecule has 104 valence electrons. The number of hydrogen-bond donors (Lipinski definition) is 0. The summed E-state index contributed by atoms with van der Waals surface area (Å²) in [6, 6.07) is 14.3. The Balaban J connectivity index is 1.71. The van der Waals surface area contributed by atoms with Crippen LogP contribution in [0.1, 0.15) is 5.56 Å². The molecule has 0 amide bonds. The van der Waals surface area contributed by atoms with E-state index >= 15 is 0 Å². The molecule has 0 fully saturated rings. The van der Waals surface area contributed by atoms with Gasteiger partial charge in [-0.2, -0.15) is 5.26 Å². The molecule has 0 N–H and O–H groups in total. The van der Waals surface area contributed by atoms with Gasteiger partial charge in [-0.05, 0) is 30.3 Å². The van der Waals surface area contributed by atoms with Crippen LogP contribution in [-0.4, -0.2) is 20.8 Å². The summed E-state index contributed by atoms with van der Waals surface area (Å²) in [4.78, 5) is 12.0. The van der Waals surface area contributed by atoms with Gasteiger partial charge in [0.15, 0.2) is 5.65 Å². The van der Waals surface area contributed by atoms with Crippen LogP contribution in [0.4, 0.5) is 0 Å². The molecule has 6 heteroatoms. The lowest BCUT2D eigenvalue weighted by Crippen LogP contribution is -2.23. The zero-order valence-corrected chi connectivity index (χ0v) is 11.1. The van der Waals surface area contributed by atoms with E-state index in [-0.39, 0.29) is 5.69 Å². The monoisotopic (exact) mass is 280 g/mol. The Hall–Kier alpha value is -3.07. The van der Waals surface area contributed by atoms with Crippen LogP contribution in [0, 0.1) is 11.3 Å². The normalized spacial score (nSPS) is 10.4. The van der Waals surface area contributed by atoms with Gasteiger partial charge in [-0.25, -0.2) is 9.48 Å². The predicted octanol–water partition coefficient (Wildman–Crippen LogP) is 1.45. The van der Waals surface area contributed by atoms with Gasteiger partial charge in [0.05, 0.1) is 18.2 Å². The van der Waals surface area contributed by atoms with Crippen molar-refractivity contribution < 1.29 is 4.74 Å². The molecule has 0 saturated heterocycles. The second-order valence-corrected chi connectivity index (χ2v) is 4.42. The summed E-state index contributed by atoms with van der Waals surface area (Å²) in [6.45, 7) is 0.649. The van der Waals surface area contributed by atoms with Crippen LogP contribution in [0.3, 0.4) is 0 Å². The minimum absolute atomic E-state index is 0.194. The summed E-state index contributed by atoms with van der Waals surface area (Å²) in [7, 11) is 0. The molecule has 3 aromatic rings. The molecular formula is C15H12N4O2. The van der Waals surface area contributed by atoms with Crippen LogP contribution in [0.25, 0.3) is 5.65 Å². The van der Waals surface area contributed by atoms with Gasteiger partial charge in [0.2, 0.25) is 0 Å². The molecule has 0 radical (unpaired) electrons. The van der Waals surface area contributed by atoms with Gasteiger partial charge in [0, 0.05) is 6.20 Å². The van der Waals surface area contributed by atoms with E-state index in [9.17, 15) is 4.79 Å². The van der Waals surface area contributed by atoms with Gasteiger partial charge in [0.1, 0.15) is 12.4 Å². The summed E-state index contributed by atoms with van der Waals surface area (Å²) >= 11 is 0. The maximum absolute atomic E-state index is 12.0. The van der Waals surface area contributed by atoms with Gasteiger partial charge in [-0.1, -0.05) is 12.1 Å². The van der Waals surface area contributed by atoms with E-state index in [1.165, 1.54) is 9.08 Å². The number of nitrogens with zero attached hydrogens (tertiary/aromatic N) is 4. The number of ether oxygens (including phenoxy) is 1. The van der Waals surface area contributed by atoms with Gasteiger partial charge in [-0.15, -0.1) is 5.10 Å². The molecule has 0 aliphatic rings. The summed E-state index contributed by atoms with van der Waals surface area (Å²) < 4.78 is 8.39. The van der Waals surface area contributed by atoms with Crippen molar-refractivity contribution >= 4 is 5.65 Å². The lowest BCUT2D eigenvalue weighted by Gasteiger charge is -2.05. The van der Waals surface area contributed by atoms with Crippen molar-refractivity contribution in [1.82, 2.24) is 14.2 Å². The molecule has 0 unspecified atom stereocenters. The number of hydrogen-bond acceptors (Lipinski definition) is 4. The maximum Gasteiger partial charge on any atom is 0.350 e. The standard InChI is InChI=1S/C15H12N4O2/c16-11-12-4-3-5-13(10-12)21-9-8-19-15(20)18-7-2-1-6-14(18)17-19/h1-7,10H,8-9H2. The first-order chi connectivity index (χ1) is 10.3. The maximum atomic E-state index is 12.0. The van der Waals surface area contributed by atoms with E-state index in [1.807, 2.05) is 6.07 Å². The topological polar surface area (TPSA) is 72.3 Å². The highest BCUT2D eigenvalue weighted by atomic mass is 16.5. The molecule has 6 nitrogen and oxygen atoms in total. The first-order valence-electron chi connectivity index (χ1n) is 6.45. The number of pyridine rings is 1. The van der Waals surface area contributed by atoms with E-state index in [2.05, 4.69) is 11.2 Å². The van der Waals surface area contributed by atoms with Crippen molar-refractivity contribution in [3.63, 3.8) is 0 Å². The highest BCUT2D eigenvalue weighted by Crippen LogP contribution is 2.12. The van der Waals surface area contributed by atoms with Crippen LogP contribution < -0.4 is 10.4 Å². The molecule has 0 aliphatic carbocycles. The zero-order valence-electron chi connectivity index (χ0n) is 11.1. The SMILES string of the molecule is N#Cc1cccc(OCCn2nc3ccccn3c2=O)c1. The molecular weight excluding hydrogens is 268 g/mol. The molecule has 0 aliphatic heterocycles. The third kappa shape index (κ3) is 2.62. The van der Waals surface area contributed by atoms with Crippen LogP contribution in [0.2, 0.25) is 0 Å². The first kappa shape index (κ1) is 12.9. The fourth-order valence-corrected chi connectivity index (χ4v) is 2.02. The van der Waals surface area contributed by atoms with Crippen molar-refractivity contribution in [1.29, 1.82) is 5.26 Å². The predicted molar refractivity (Wildman–Crippen MR) is 76.1 cm³/mol. The van der Waals surface area contributed by atoms with Crippen molar-refractivity contribution in [2.75, 3.05) is 6.61 Å². The fourth-order valence-electron chi connectivity index (χ4n) is 2.02. The molecule has 3 rings (SSSR count). The van der Waals surface area contributed by atoms with Crippen molar-refractivity contribution in [3.8, 4) is 11.8 Å². The van der Waals surface area contributed by atoms with Gasteiger partial charge >= 0.3 is 5.69 Å². The average molecular weight is 280 g/mol. The summed E-state index contributed by atoms with van der Waals surface area (Å²) in [5.74, 6) is 0.603. The van der Waals surface area contributed by atoms with Crippen LogP contribution in [0.5, 0.6) is 5.75 Å². The second-order valence-electron chi connectivity index (χ2n) is 4.42. The van der Waals surface area contributed by atoms with Gasteiger partial charge in [-0.3, -0.25) is 4.40 Å². The molecule has 1 aromatic carbocycles. The fraction of sp³-hybridized carbons (Fsp3) is 0.133. The van der Waals surface area contributed by atoms with Crippen LogP contribution in [-0.2, 0) is 6.54 Å². The molecule has 0 spiro atoms. The third-order valence-electron chi connectivity index (χ3n) is 3.02. The number of nitriles is 1. The van der Waals surface area contributed by atoms with Crippen LogP contribution in [0.15, 0.2) is 53.5 Å². The molecule has 2 heterocycles.